The molecular weight excluding hydrogens is 366 g/mol. The van der Waals surface area contributed by atoms with Crippen molar-refractivity contribution in [3.63, 3.8) is 0 Å². The molecule has 0 unspecified atom stereocenters. The third-order valence-corrected chi connectivity index (χ3v) is 5.61. The molecule has 6 nitrogen and oxygen atoms in total. The van der Waals surface area contributed by atoms with Gasteiger partial charge in [-0.2, -0.15) is 0 Å². The number of amides is 4. The van der Waals surface area contributed by atoms with Crippen molar-refractivity contribution in [2.75, 3.05) is 24.5 Å². The van der Waals surface area contributed by atoms with Crippen LogP contribution >= 0.6 is 0 Å². The number of imide groups is 2. The van der Waals surface area contributed by atoms with Gasteiger partial charge in [0.25, 0.3) is 11.8 Å². The lowest BCUT2D eigenvalue weighted by Crippen LogP contribution is -2.54. The fraction of sp³-hybridized carbons (Fsp3) is 0.522. The van der Waals surface area contributed by atoms with E-state index in [0.717, 1.165) is 55.7 Å². The molecule has 4 amide bonds. The van der Waals surface area contributed by atoms with E-state index in [-0.39, 0.29) is 5.57 Å². The maximum atomic E-state index is 12.8. The lowest BCUT2D eigenvalue weighted by Gasteiger charge is -2.26. The Morgan fingerprint density at radius 3 is 2.55 bits per heavy atom. The molecule has 1 fully saturated rings. The zero-order valence-corrected chi connectivity index (χ0v) is 17.5. The van der Waals surface area contributed by atoms with Gasteiger partial charge >= 0.3 is 6.03 Å². The average molecular weight is 398 g/mol. The maximum absolute atomic E-state index is 12.8. The third-order valence-electron chi connectivity index (χ3n) is 5.61. The van der Waals surface area contributed by atoms with Crippen molar-refractivity contribution < 1.29 is 14.4 Å². The zero-order valence-electron chi connectivity index (χ0n) is 17.5. The average Bonchev–Trinajstić information content (AvgIpc) is 3.11. The highest BCUT2D eigenvalue weighted by Gasteiger charge is 2.35. The topological polar surface area (TPSA) is 69.7 Å². The monoisotopic (exact) mass is 397 g/mol. The van der Waals surface area contributed by atoms with Crippen LogP contribution in [0.15, 0.2) is 23.8 Å². The number of anilines is 1. The lowest BCUT2D eigenvalue weighted by atomic mass is 10.0. The van der Waals surface area contributed by atoms with E-state index in [9.17, 15) is 14.4 Å². The van der Waals surface area contributed by atoms with Gasteiger partial charge in [0, 0.05) is 25.3 Å². The van der Waals surface area contributed by atoms with Crippen LogP contribution in [0, 0.1) is 0 Å². The minimum atomic E-state index is -0.617. The van der Waals surface area contributed by atoms with Crippen LogP contribution in [-0.4, -0.2) is 42.4 Å². The number of carbonyl (C=O) groups excluding carboxylic acids is 3. The molecule has 3 rings (SSSR count). The number of hydrogen-bond donors (Lipinski definition) is 1. The molecule has 1 saturated heterocycles. The highest BCUT2D eigenvalue weighted by atomic mass is 16.2. The van der Waals surface area contributed by atoms with Crippen LogP contribution in [0.5, 0.6) is 0 Å². The second-order valence-corrected chi connectivity index (χ2v) is 7.81. The third kappa shape index (κ3) is 4.86. The fourth-order valence-corrected chi connectivity index (χ4v) is 3.92. The summed E-state index contributed by atoms with van der Waals surface area (Å²) in [5.41, 5.74) is 3.33. The van der Waals surface area contributed by atoms with E-state index in [2.05, 4.69) is 36.2 Å². The Morgan fingerprint density at radius 2 is 1.79 bits per heavy atom. The van der Waals surface area contributed by atoms with Gasteiger partial charge in [0.05, 0.1) is 0 Å². The molecule has 2 aliphatic heterocycles. The largest absolute Gasteiger partial charge is 0.371 e. The van der Waals surface area contributed by atoms with Crippen molar-refractivity contribution in [1.82, 2.24) is 10.2 Å². The molecule has 156 valence electrons. The van der Waals surface area contributed by atoms with Crippen LogP contribution in [0.1, 0.15) is 63.5 Å². The number of rotatable bonds is 9. The SMILES string of the molecule is CCCCCCN1C(=O)NC(=O)/C(=C\c2ccc3c(c2)CCN3CCCC)C1=O. The second kappa shape index (κ2) is 9.72. The molecule has 0 radical (unpaired) electrons. The number of unbranched alkanes of at least 4 members (excludes halogenated alkanes) is 4. The molecular formula is C23H31N3O3. The molecule has 2 heterocycles. The first-order valence-electron chi connectivity index (χ1n) is 10.8. The zero-order chi connectivity index (χ0) is 20.8. The summed E-state index contributed by atoms with van der Waals surface area (Å²) in [5, 5.41) is 2.30. The Balaban J connectivity index is 1.75. The number of urea groups is 1. The smallest absolute Gasteiger partial charge is 0.331 e. The van der Waals surface area contributed by atoms with Crippen LogP contribution < -0.4 is 10.2 Å². The van der Waals surface area contributed by atoms with E-state index in [1.165, 1.54) is 24.1 Å². The summed E-state index contributed by atoms with van der Waals surface area (Å²) >= 11 is 0. The Labute approximate surface area is 172 Å². The van der Waals surface area contributed by atoms with E-state index in [0.29, 0.717) is 6.54 Å². The van der Waals surface area contributed by atoms with Gasteiger partial charge in [0.15, 0.2) is 0 Å². The standard InChI is InChI=1S/C23H31N3O3/c1-3-5-7-8-13-26-22(28)19(21(27)24-23(26)29)16-17-9-10-20-18(15-17)11-14-25(20)12-6-4-2/h9-10,15-16H,3-8,11-14H2,1-2H3,(H,24,27,29)/b19-16+. The van der Waals surface area contributed by atoms with Gasteiger partial charge in [-0.25, -0.2) is 4.79 Å². The summed E-state index contributed by atoms with van der Waals surface area (Å²) in [6, 6.07) is 5.45. The predicted molar refractivity (Wildman–Crippen MR) is 115 cm³/mol. The van der Waals surface area contributed by atoms with Gasteiger partial charge in [0.1, 0.15) is 5.57 Å². The normalized spacial score (nSPS) is 17.9. The minimum absolute atomic E-state index is 0.0286. The quantitative estimate of drug-likeness (QED) is 0.390. The van der Waals surface area contributed by atoms with Crippen LogP contribution in [0.3, 0.4) is 0 Å². The van der Waals surface area contributed by atoms with Gasteiger partial charge < -0.3 is 4.90 Å². The first-order valence-corrected chi connectivity index (χ1v) is 10.8. The molecule has 1 aromatic carbocycles. The van der Waals surface area contributed by atoms with Crippen molar-refractivity contribution in [3.8, 4) is 0 Å². The van der Waals surface area contributed by atoms with Crippen LogP contribution in [0.2, 0.25) is 0 Å². The van der Waals surface area contributed by atoms with E-state index in [4.69, 9.17) is 0 Å². The van der Waals surface area contributed by atoms with Crippen LogP contribution in [0.4, 0.5) is 10.5 Å². The van der Waals surface area contributed by atoms with Crippen molar-refractivity contribution >= 4 is 29.6 Å². The Kier molecular flexibility index (Phi) is 7.07. The van der Waals surface area contributed by atoms with E-state index in [1.807, 2.05) is 6.07 Å². The number of carbonyl (C=O) groups is 3. The number of nitrogens with zero attached hydrogens (tertiary/aromatic N) is 2. The van der Waals surface area contributed by atoms with Crippen LogP contribution in [0.25, 0.3) is 6.08 Å². The molecule has 0 saturated carbocycles. The van der Waals surface area contributed by atoms with Crippen molar-refractivity contribution in [1.29, 1.82) is 0 Å². The summed E-state index contributed by atoms with van der Waals surface area (Å²) in [5.74, 6) is -1.12. The molecule has 0 aromatic heterocycles. The molecule has 1 N–H and O–H groups in total. The molecule has 0 aliphatic carbocycles. The number of barbiturate groups is 1. The van der Waals surface area contributed by atoms with Gasteiger partial charge in [-0.05, 0) is 48.6 Å². The predicted octanol–water partition coefficient (Wildman–Crippen LogP) is 3.89. The van der Waals surface area contributed by atoms with Crippen molar-refractivity contribution in [2.45, 2.75) is 58.8 Å². The number of nitrogens with one attached hydrogen (secondary N) is 1. The molecule has 0 spiro atoms. The number of fused-ring (bicyclic) bond motifs is 1. The molecule has 1 aromatic rings. The van der Waals surface area contributed by atoms with Crippen LogP contribution in [-0.2, 0) is 16.0 Å². The highest BCUT2D eigenvalue weighted by Crippen LogP contribution is 2.30. The van der Waals surface area contributed by atoms with Gasteiger partial charge in [0.2, 0.25) is 0 Å². The summed E-state index contributed by atoms with van der Waals surface area (Å²) < 4.78 is 0. The van der Waals surface area contributed by atoms with Gasteiger partial charge in [-0.15, -0.1) is 0 Å². The molecule has 29 heavy (non-hydrogen) atoms. The first kappa shape index (κ1) is 21.1. The minimum Gasteiger partial charge on any atom is -0.371 e. The van der Waals surface area contributed by atoms with Gasteiger partial charge in [-0.3, -0.25) is 19.8 Å². The Hall–Kier alpha value is -2.63. The first-order chi connectivity index (χ1) is 14.0. The highest BCUT2D eigenvalue weighted by molar-refractivity contribution is 6.31. The van der Waals surface area contributed by atoms with E-state index >= 15 is 0 Å². The fourth-order valence-electron chi connectivity index (χ4n) is 3.92. The summed E-state index contributed by atoms with van der Waals surface area (Å²) in [6.45, 7) is 6.70. The van der Waals surface area contributed by atoms with E-state index in [1.54, 1.807) is 6.08 Å². The summed E-state index contributed by atoms with van der Waals surface area (Å²) in [4.78, 5) is 40.7. The summed E-state index contributed by atoms with van der Waals surface area (Å²) in [6.07, 6.45) is 8.77. The van der Waals surface area contributed by atoms with E-state index < -0.39 is 17.8 Å². The maximum Gasteiger partial charge on any atom is 0.331 e. The second-order valence-electron chi connectivity index (χ2n) is 7.81. The molecule has 2 aliphatic rings. The summed E-state index contributed by atoms with van der Waals surface area (Å²) in [7, 11) is 0. The van der Waals surface area contributed by atoms with Gasteiger partial charge in [-0.1, -0.05) is 45.6 Å². The van der Waals surface area contributed by atoms with Crippen molar-refractivity contribution in [3.05, 3.63) is 34.9 Å². The molecule has 6 heteroatoms. The number of hydrogen-bond acceptors (Lipinski definition) is 4. The molecule has 0 bridgehead atoms. The van der Waals surface area contributed by atoms with Crippen molar-refractivity contribution in [2.24, 2.45) is 0 Å². The lowest BCUT2D eigenvalue weighted by molar-refractivity contribution is -0.130. The molecule has 0 atom stereocenters. The Bertz CT molecular complexity index is 816. The Morgan fingerprint density at radius 1 is 1.00 bits per heavy atom. The number of benzene rings is 1.